The van der Waals surface area contributed by atoms with Crippen LogP contribution in [-0.2, 0) is 0 Å². The minimum absolute atomic E-state index is 0.637. The third-order valence-corrected chi connectivity index (χ3v) is 9.82. The molecule has 0 unspecified atom stereocenters. The number of hydrogen-bond acceptors (Lipinski definition) is 3. The van der Waals surface area contributed by atoms with Gasteiger partial charge in [0.05, 0.1) is 22.7 Å². The summed E-state index contributed by atoms with van der Waals surface area (Å²) in [5.74, 6) is 0. The Morgan fingerprint density at radius 2 is 0.843 bits per heavy atom. The summed E-state index contributed by atoms with van der Waals surface area (Å²) in [6.45, 7) is 4.24. The Balaban J connectivity index is 1.35. The van der Waals surface area contributed by atoms with Gasteiger partial charge in [-0.2, -0.15) is 5.26 Å². The van der Waals surface area contributed by atoms with Crippen molar-refractivity contribution < 1.29 is 0 Å². The van der Waals surface area contributed by atoms with E-state index in [0.29, 0.717) is 5.56 Å². The Morgan fingerprint density at radius 1 is 0.431 bits per heavy atom. The molecule has 0 aliphatic heterocycles. The number of para-hydroxylation sites is 2. The fourth-order valence-corrected chi connectivity index (χ4v) is 7.39. The zero-order valence-corrected chi connectivity index (χ0v) is 28.5. The number of hydrogen-bond donors (Lipinski definition) is 0. The van der Waals surface area contributed by atoms with Crippen LogP contribution in [-0.4, -0.2) is 4.57 Å². The lowest BCUT2D eigenvalue weighted by molar-refractivity contribution is 1.17. The van der Waals surface area contributed by atoms with Crippen molar-refractivity contribution >= 4 is 66.7 Å². The first-order chi connectivity index (χ1) is 25.1. The number of aromatic nitrogens is 1. The van der Waals surface area contributed by atoms with Crippen LogP contribution in [0.1, 0.15) is 16.7 Å². The van der Waals surface area contributed by atoms with Gasteiger partial charge >= 0.3 is 0 Å². The summed E-state index contributed by atoms with van der Waals surface area (Å²) in [5.41, 5.74) is 12.8. The third kappa shape index (κ3) is 5.24. The zero-order valence-electron chi connectivity index (χ0n) is 28.5. The highest BCUT2D eigenvalue weighted by Crippen LogP contribution is 2.46. The lowest BCUT2D eigenvalue weighted by Crippen LogP contribution is -2.10. The van der Waals surface area contributed by atoms with E-state index in [9.17, 15) is 5.26 Å². The molecule has 0 amide bonds. The highest BCUT2D eigenvalue weighted by atomic mass is 15.2. The number of benzene rings is 8. The molecule has 0 bridgehead atoms. The van der Waals surface area contributed by atoms with Crippen LogP contribution in [0.5, 0.6) is 0 Å². The van der Waals surface area contributed by atoms with E-state index in [-0.39, 0.29) is 0 Å². The molecule has 9 rings (SSSR count). The molecular formula is C47H34N4. The molecule has 4 heteroatoms. The Hall–Kier alpha value is -6.83. The first kappa shape index (κ1) is 30.2. The molecule has 0 N–H and O–H groups in total. The van der Waals surface area contributed by atoms with Crippen molar-refractivity contribution in [1.29, 1.82) is 5.26 Å². The molecule has 8 aromatic carbocycles. The van der Waals surface area contributed by atoms with Gasteiger partial charge in [-0.05, 0) is 122 Å². The fraction of sp³-hybridized carbons (Fsp3) is 0.0426. The molecule has 4 nitrogen and oxygen atoms in total. The van der Waals surface area contributed by atoms with Gasteiger partial charge in [0.25, 0.3) is 0 Å². The van der Waals surface area contributed by atoms with Crippen molar-refractivity contribution in [3.63, 3.8) is 0 Å². The average molecular weight is 655 g/mol. The zero-order chi connectivity index (χ0) is 34.5. The summed E-state index contributed by atoms with van der Waals surface area (Å²) in [5, 5.41) is 14.5. The van der Waals surface area contributed by atoms with Crippen LogP contribution in [0.2, 0.25) is 0 Å². The van der Waals surface area contributed by atoms with Gasteiger partial charge in [0, 0.05) is 50.6 Å². The van der Waals surface area contributed by atoms with Crippen molar-refractivity contribution in [3.05, 3.63) is 187 Å². The molecule has 0 saturated carbocycles. The number of anilines is 6. The largest absolute Gasteiger partial charge is 0.310 e. The monoisotopic (exact) mass is 654 g/mol. The van der Waals surface area contributed by atoms with Crippen LogP contribution in [0, 0.1) is 25.2 Å². The van der Waals surface area contributed by atoms with Gasteiger partial charge in [-0.1, -0.05) is 83.9 Å². The maximum Gasteiger partial charge on any atom is 0.0991 e. The third-order valence-electron chi connectivity index (χ3n) is 9.82. The van der Waals surface area contributed by atoms with Crippen LogP contribution in [0.3, 0.4) is 0 Å². The van der Waals surface area contributed by atoms with E-state index in [1.807, 2.05) is 12.1 Å². The molecule has 242 valence electrons. The Labute approximate surface area is 297 Å². The van der Waals surface area contributed by atoms with Gasteiger partial charge < -0.3 is 14.4 Å². The number of nitriles is 1. The van der Waals surface area contributed by atoms with Crippen LogP contribution in [0.4, 0.5) is 34.1 Å². The second-order valence-corrected chi connectivity index (χ2v) is 13.2. The standard InChI is InChI=1S/C47H34N4/c1-32-13-21-39(22-14-32)49(37-9-5-3-6-10-37)42-27-35-19-20-36-28-43(50(38-11-7-4-8-12-38)40-23-15-33(2)16-24-40)30-45-47(36)46(35)44(29-42)51(45)41-25-17-34(31-48)18-26-41/h3-30H,1-2H3. The highest BCUT2D eigenvalue weighted by Gasteiger charge is 2.23. The maximum absolute atomic E-state index is 9.67. The molecular weight excluding hydrogens is 621 g/mol. The van der Waals surface area contributed by atoms with E-state index >= 15 is 0 Å². The van der Waals surface area contributed by atoms with Crippen LogP contribution in [0.25, 0.3) is 38.3 Å². The molecule has 1 heterocycles. The minimum atomic E-state index is 0.637. The summed E-state index contributed by atoms with van der Waals surface area (Å²) >= 11 is 0. The number of nitrogens with zero attached hydrogens (tertiary/aromatic N) is 4. The van der Waals surface area contributed by atoms with Gasteiger partial charge in [0.2, 0.25) is 0 Å². The normalized spacial score (nSPS) is 11.3. The lowest BCUT2D eigenvalue weighted by atomic mass is 10.00. The Morgan fingerprint density at radius 3 is 1.25 bits per heavy atom. The Bertz CT molecular complexity index is 2530. The molecule has 0 radical (unpaired) electrons. The molecule has 1 aromatic heterocycles. The van der Waals surface area contributed by atoms with Crippen molar-refractivity contribution in [2.75, 3.05) is 9.80 Å². The van der Waals surface area contributed by atoms with Gasteiger partial charge in [-0.15, -0.1) is 0 Å². The van der Waals surface area contributed by atoms with Gasteiger partial charge in [0.15, 0.2) is 0 Å². The SMILES string of the molecule is Cc1ccc(N(c2ccccc2)c2cc3ccc4cc(N(c5ccccc5)c5ccc(C)cc5)cc5c4c3c(c2)n5-c2ccc(C#N)cc2)cc1. The fourth-order valence-electron chi connectivity index (χ4n) is 7.39. The summed E-state index contributed by atoms with van der Waals surface area (Å²) < 4.78 is 2.37. The van der Waals surface area contributed by atoms with E-state index in [1.54, 1.807) is 0 Å². The Kier molecular flexibility index (Phi) is 7.26. The quantitative estimate of drug-likeness (QED) is 0.160. The van der Waals surface area contributed by atoms with Crippen molar-refractivity contribution in [1.82, 2.24) is 4.57 Å². The van der Waals surface area contributed by atoms with Gasteiger partial charge in [-0.3, -0.25) is 0 Å². The van der Waals surface area contributed by atoms with Gasteiger partial charge in [0.1, 0.15) is 0 Å². The molecule has 0 saturated heterocycles. The number of aryl methyl sites for hydroxylation is 2. The average Bonchev–Trinajstić information content (AvgIpc) is 3.51. The topological polar surface area (TPSA) is 35.2 Å². The predicted octanol–water partition coefficient (Wildman–Crippen LogP) is 12.8. The molecule has 0 aliphatic carbocycles. The van der Waals surface area contributed by atoms with Gasteiger partial charge in [-0.25, -0.2) is 0 Å². The highest BCUT2D eigenvalue weighted by molar-refractivity contribution is 6.26. The summed E-state index contributed by atoms with van der Waals surface area (Å²) in [6.07, 6.45) is 0. The smallest absolute Gasteiger partial charge is 0.0991 e. The van der Waals surface area contributed by atoms with Crippen molar-refractivity contribution in [3.8, 4) is 11.8 Å². The molecule has 51 heavy (non-hydrogen) atoms. The lowest BCUT2D eigenvalue weighted by Gasteiger charge is -2.26. The first-order valence-electron chi connectivity index (χ1n) is 17.2. The predicted molar refractivity (Wildman–Crippen MR) is 213 cm³/mol. The molecule has 0 aliphatic rings. The molecule has 9 aromatic rings. The van der Waals surface area contributed by atoms with Crippen LogP contribution in [0.15, 0.2) is 170 Å². The summed E-state index contributed by atoms with van der Waals surface area (Å²) in [7, 11) is 0. The second kappa shape index (κ2) is 12.2. The first-order valence-corrected chi connectivity index (χ1v) is 17.2. The number of rotatable bonds is 7. The second-order valence-electron chi connectivity index (χ2n) is 13.2. The van der Waals surface area contributed by atoms with E-state index in [2.05, 4.69) is 192 Å². The van der Waals surface area contributed by atoms with Crippen molar-refractivity contribution in [2.24, 2.45) is 0 Å². The maximum atomic E-state index is 9.67. The minimum Gasteiger partial charge on any atom is -0.310 e. The molecule has 0 atom stereocenters. The van der Waals surface area contributed by atoms with E-state index in [0.717, 1.165) is 50.8 Å². The van der Waals surface area contributed by atoms with Crippen LogP contribution >= 0.6 is 0 Å². The van der Waals surface area contributed by atoms with E-state index in [4.69, 9.17) is 0 Å². The van der Waals surface area contributed by atoms with Crippen LogP contribution < -0.4 is 9.80 Å². The molecule has 0 fully saturated rings. The molecule has 0 spiro atoms. The van der Waals surface area contributed by atoms with E-state index in [1.165, 1.54) is 32.7 Å². The van der Waals surface area contributed by atoms with E-state index < -0.39 is 0 Å². The summed E-state index contributed by atoms with van der Waals surface area (Å²) in [4.78, 5) is 4.67. The summed E-state index contributed by atoms with van der Waals surface area (Å²) in [6, 6.07) is 62.6. The van der Waals surface area contributed by atoms with Crippen molar-refractivity contribution in [2.45, 2.75) is 13.8 Å².